The van der Waals surface area contributed by atoms with Crippen molar-refractivity contribution in [2.24, 2.45) is 0 Å². The second kappa shape index (κ2) is 7.01. The van der Waals surface area contributed by atoms with Crippen LogP contribution in [0.2, 0.25) is 0 Å². The molecule has 1 aliphatic heterocycles. The molecule has 0 spiro atoms. The van der Waals surface area contributed by atoms with Crippen LogP contribution in [0.1, 0.15) is 35.2 Å². The van der Waals surface area contributed by atoms with Crippen molar-refractivity contribution in [1.82, 2.24) is 14.8 Å². The minimum absolute atomic E-state index is 0.469. The molecule has 1 atom stereocenters. The Morgan fingerprint density at radius 1 is 0.765 bits per heavy atom. The van der Waals surface area contributed by atoms with Crippen LogP contribution in [0.15, 0.2) is 78.9 Å². The summed E-state index contributed by atoms with van der Waals surface area (Å²) in [5.74, 6) is 0.469. The Hall–Kier alpha value is -3.98. The Labute approximate surface area is 198 Å². The van der Waals surface area contributed by atoms with Crippen molar-refractivity contribution in [2.45, 2.75) is 33.1 Å². The molecule has 0 aliphatic carbocycles. The second-order valence-corrected chi connectivity index (χ2v) is 9.79. The lowest BCUT2D eigenvalue weighted by Gasteiger charge is -2.24. The molecule has 3 nitrogen and oxygen atoms in total. The summed E-state index contributed by atoms with van der Waals surface area (Å²) in [5, 5.41) is 10.0. The predicted molar refractivity (Wildman–Crippen MR) is 141 cm³/mol. The highest BCUT2D eigenvalue weighted by molar-refractivity contribution is 6.06. The van der Waals surface area contributed by atoms with Crippen molar-refractivity contribution in [1.29, 1.82) is 0 Å². The summed E-state index contributed by atoms with van der Waals surface area (Å²) in [5.41, 5.74) is 10.6. The highest BCUT2D eigenvalue weighted by atomic mass is 15.3. The van der Waals surface area contributed by atoms with Crippen molar-refractivity contribution in [3.8, 4) is 16.9 Å². The number of benzene rings is 4. The summed E-state index contributed by atoms with van der Waals surface area (Å²) in [4.78, 5) is 5.19. The van der Waals surface area contributed by atoms with Crippen LogP contribution in [-0.2, 0) is 6.42 Å². The summed E-state index contributed by atoms with van der Waals surface area (Å²) in [6, 6.07) is 28.4. The van der Waals surface area contributed by atoms with Crippen LogP contribution < -0.4 is 0 Å². The fraction of sp³-hybridized carbons (Fsp3) is 0.161. The SMILES string of the molecule is Cc1ccc2c(c1)C(C)Cc1c3cc(C)cc(-c4ccc5ccc6ccccc6c5n4)c3nn1-2. The maximum Gasteiger partial charge on any atom is 0.102 e. The molecule has 1 unspecified atom stereocenters. The molecule has 34 heavy (non-hydrogen) atoms. The van der Waals surface area contributed by atoms with E-state index in [0.717, 1.165) is 34.1 Å². The maximum atomic E-state index is 5.20. The molecule has 3 heteroatoms. The fourth-order valence-electron chi connectivity index (χ4n) is 5.64. The van der Waals surface area contributed by atoms with Gasteiger partial charge < -0.3 is 0 Å². The fourth-order valence-corrected chi connectivity index (χ4v) is 5.64. The van der Waals surface area contributed by atoms with E-state index in [1.165, 1.54) is 44.2 Å². The largest absolute Gasteiger partial charge is 0.247 e. The van der Waals surface area contributed by atoms with E-state index in [0.29, 0.717) is 5.92 Å². The van der Waals surface area contributed by atoms with Crippen LogP contribution in [0.5, 0.6) is 0 Å². The van der Waals surface area contributed by atoms with E-state index in [2.05, 4.69) is 104 Å². The lowest BCUT2D eigenvalue weighted by atomic mass is 9.89. The van der Waals surface area contributed by atoms with E-state index in [9.17, 15) is 0 Å². The van der Waals surface area contributed by atoms with Gasteiger partial charge >= 0.3 is 0 Å². The van der Waals surface area contributed by atoms with Crippen LogP contribution in [0.25, 0.3) is 49.5 Å². The molecule has 0 bridgehead atoms. The van der Waals surface area contributed by atoms with Gasteiger partial charge in [0, 0.05) is 21.7 Å². The van der Waals surface area contributed by atoms with Crippen LogP contribution in [0, 0.1) is 13.8 Å². The number of aryl methyl sites for hydroxylation is 2. The zero-order valence-electron chi connectivity index (χ0n) is 19.6. The number of nitrogens with zero attached hydrogens (tertiary/aromatic N) is 3. The summed E-state index contributed by atoms with van der Waals surface area (Å²) in [6.07, 6.45) is 0.992. The summed E-state index contributed by atoms with van der Waals surface area (Å²) >= 11 is 0. The van der Waals surface area contributed by atoms with Gasteiger partial charge in [0.1, 0.15) is 5.52 Å². The van der Waals surface area contributed by atoms with Gasteiger partial charge in [-0.05, 0) is 67.0 Å². The maximum absolute atomic E-state index is 5.20. The number of fused-ring (bicyclic) bond motifs is 8. The summed E-state index contributed by atoms with van der Waals surface area (Å²) in [6.45, 7) is 6.67. The molecule has 0 saturated heterocycles. The lowest BCUT2D eigenvalue weighted by molar-refractivity contribution is 0.656. The minimum Gasteiger partial charge on any atom is -0.247 e. The van der Waals surface area contributed by atoms with E-state index < -0.39 is 0 Å². The normalized spacial score (nSPS) is 15.1. The van der Waals surface area contributed by atoms with Crippen LogP contribution in [0.3, 0.4) is 0 Å². The van der Waals surface area contributed by atoms with Gasteiger partial charge in [-0.2, -0.15) is 5.10 Å². The predicted octanol–water partition coefficient (Wildman–Crippen LogP) is 7.67. The van der Waals surface area contributed by atoms with Gasteiger partial charge in [0.15, 0.2) is 0 Å². The highest BCUT2D eigenvalue weighted by Gasteiger charge is 2.26. The van der Waals surface area contributed by atoms with Crippen LogP contribution >= 0.6 is 0 Å². The van der Waals surface area contributed by atoms with Gasteiger partial charge in [0.2, 0.25) is 0 Å². The molecule has 3 heterocycles. The lowest BCUT2D eigenvalue weighted by Crippen LogP contribution is -2.16. The molecule has 0 N–H and O–H groups in total. The third-order valence-corrected chi connectivity index (χ3v) is 7.32. The Kier molecular flexibility index (Phi) is 4.02. The Balaban J connectivity index is 1.51. The molecule has 0 saturated carbocycles. The van der Waals surface area contributed by atoms with E-state index in [1.807, 2.05) is 0 Å². The van der Waals surface area contributed by atoms with Gasteiger partial charge in [0.25, 0.3) is 0 Å². The monoisotopic (exact) mass is 439 g/mol. The third kappa shape index (κ3) is 2.76. The Bertz CT molecular complexity index is 1770. The van der Waals surface area contributed by atoms with Gasteiger partial charge in [-0.25, -0.2) is 9.67 Å². The van der Waals surface area contributed by atoms with Crippen LogP contribution in [0.4, 0.5) is 0 Å². The molecule has 0 amide bonds. The standard InChI is InChI=1S/C31H25N3/c1-18-8-13-28-24(14-18)20(3)17-29-26-16-19(2)15-25(31(26)33-34(28)29)27-12-11-22-10-9-21-6-4-5-7-23(21)30(22)32-27/h4-16,20H,17H2,1-3H3. The van der Waals surface area contributed by atoms with Gasteiger partial charge in [0.05, 0.1) is 22.6 Å². The number of aromatic nitrogens is 3. The Morgan fingerprint density at radius 3 is 2.50 bits per heavy atom. The smallest absolute Gasteiger partial charge is 0.102 e. The molecule has 2 aromatic heterocycles. The number of hydrogen-bond acceptors (Lipinski definition) is 2. The summed E-state index contributed by atoms with van der Waals surface area (Å²) < 4.78 is 2.18. The molecule has 7 rings (SSSR count). The Morgan fingerprint density at radius 2 is 1.59 bits per heavy atom. The minimum atomic E-state index is 0.469. The quantitative estimate of drug-likeness (QED) is 0.246. The van der Waals surface area contributed by atoms with Gasteiger partial charge in [-0.1, -0.05) is 67.1 Å². The first kappa shape index (κ1) is 19.5. The molecular weight excluding hydrogens is 414 g/mol. The van der Waals surface area contributed by atoms with Crippen molar-refractivity contribution in [2.75, 3.05) is 0 Å². The average molecular weight is 440 g/mol. The van der Waals surface area contributed by atoms with Crippen molar-refractivity contribution in [3.05, 3.63) is 101 Å². The molecule has 0 radical (unpaired) electrons. The zero-order valence-corrected chi connectivity index (χ0v) is 19.6. The first-order chi connectivity index (χ1) is 16.6. The van der Waals surface area contributed by atoms with Crippen molar-refractivity contribution in [3.63, 3.8) is 0 Å². The average Bonchev–Trinajstić information content (AvgIpc) is 3.21. The van der Waals surface area contributed by atoms with E-state index >= 15 is 0 Å². The topological polar surface area (TPSA) is 30.7 Å². The van der Waals surface area contributed by atoms with E-state index in [1.54, 1.807) is 0 Å². The molecular formula is C31H25N3. The van der Waals surface area contributed by atoms with Gasteiger partial charge in [-0.3, -0.25) is 0 Å². The van der Waals surface area contributed by atoms with Gasteiger partial charge in [-0.15, -0.1) is 0 Å². The number of rotatable bonds is 1. The van der Waals surface area contributed by atoms with Crippen LogP contribution in [-0.4, -0.2) is 14.8 Å². The first-order valence-corrected chi connectivity index (χ1v) is 12.0. The zero-order chi connectivity index (χ0) is 23.0. The first-order valence-electron chi connectivity index (χ1n) is 12.0. The molecule has 0 fully saturated rings. The van der Waals surface area contributed by atoms with Crippen molar-refractivity contribution < 1.29 is 0 Å². The van der Waals surface area contributed by atoms with E-state index in [-0.39, 0.29) is 0 Å². The molecule has 1 aliphatic rings. The molecule has 6 aromatic rings. The number of pyridine rings is 1. The molecule has 164 valence electrons. The molecule has 4 aromatic carbocycles. The highest BCUT2D eigenvalue weighted by Crippen LogP contribution is 2.39. The van der Waals surface area contributed by atoms with Crippen molar-refractivity contribution >= 4 is 32.6 Å². The third-order valence-electron chi connectivity index (χ3n) is 7.32. The summed E-state index contributed by atoms with van der Waals surface area (Å²) in [7, 11) is 0. The number of hydrogen-bond donors (Lipinski definition) is 0. The van der Waals surface area contributed by atoms with E-state index in [4.69, 9.17) is 10.1 Å². The second-order valence-electron chi connectivity index (χ2n) is 9.79.